The fourth-order valence-electron chi connectivity index (χ4n) is 2.91. The lowest BCUT2D eigenvalue weighted by molar-refractivity contribution is -0.137. The molecule has 2 aromatic rings. The second kappa shape index (κ2) is 6.79. The third-order valence-electron chi connectivity index (χ3n) is 3.99. The summed E-state index contributed by atoms with van der Waals surface area (Å²) in [5.74, 6) is 0.747. The number of benzene rings is 1. The predicted octanol–water partition coefficient (Wildman–Crippen LogP) is 3.95. The number of alkyl halides is 3. The molecule has 146 valence electrons. The highest BCUT2D eigenvalue weighted by atomic mass is 19.4. The van der Waals surface area contributed by atoms with Crippen LogP contribution in [0, 0.1) is 0 Å². The summed E-state index contributed by atoms with van der Waals surface area (Å²) in [5.41, 5.74) is -0.747. The first-order chi connectivity index (χ1) is 12.5. The predicted molar refractivity (Wildman–Crippen MR) is 93.8 cm³/mol. The molecule has 9 heteroatoms. The second-order valence-electron chi connectivity index (χ2n) is 7.37. The summed E-state index contributed by atoms with van der Waals surface area (Å²) in [6.07, 6.45) is -3.32. The standard InChI is InChI=1S/C18H21F3N4O2/c1-17(2,3)27-16(26)23-13-10-24(15-8-9-22-25(15)11-13)14-6-4-12(5-7-14)18(19,20)21/h4-9,13H,10-11H2,1-3H3,(H,23,26). The lowest BCUT2D eigenvalue weighted by Crippen LogP contribution is -2.50. The fraction of sp³-hybridized carbons (Fsp3) is 0.444. The van der Waals surface area contributed by atoms with Crippen molar-refractivity contribution in [3.05, 3.63) is 42.1 Å². The number of fused-ring (bicyclic) bond motifs is 1. The van der Waals surface area contributed by atoms with Crippen molar-refractivity contribution in [2.24, 2.45) is 0 Å². The Kier molecular flexibility index (Phi) is 4.79. The molecule has 1 N–H and O–H groups in total. The van der Waals surface area contributed by atoms with Crippen LogP contribution in [0.2, 0.25) is 0 Å². The number of ether oxygens (including phenoxy) is 1. The van der Waals surface area contributed by atoms with Crippen LogP contribution in [0.4, 0.5) is 29.5 Å². The smallest absolute Gasteiger partial charge is 0.416 e. The molecule has 1 aliphatic heterocycles. The zero-order chi connectivity index (χ0) is 19.8. The highest BCUT2D eigenvalue weighted by molar-refractivity contribution is 5.69. The minimum Gasteiger partial charge on any atom is -0.444 e. The molecule has 6 nitrogen and oxygen atoms in total. The van der Waals surface area contributed by atoms with Crippen molar-refractivity contribution in [1.82, 2.24) is 15.1 Å². The van der Waals surface area contributed by atoms with Crippen LogP contribution in [0.1, 0.15) is 26.3 Å². The van der Waals surface area contributed by atoms with Crippen molar-refractivity contribution in [2.45, 2.75) is 45.1 Å². The van der Waals surface area contributed by atoms with Gasteiger partial charge >= 0.3 is 12.3 Å². The lowest BCUT2D eigenvalue weighted by atomic mass is 10.1. The van der Waals surface area contributed by atoms with E-state index in [-0.39, 0.29) is 6.04 Å². The maximum absolute atomic E-state index is 12.8. The van der Waals surface area contributed by atoms with E-state index in [1.165, 1.54) is 12.1 Å². The molecule has 0 radical (unpaired) electrons. The molecule has 0 bridgehead atoms. The van der Waals surface area contributed by atoms with Crippen LogP contribution in [0.25, 0.3) is 0 Å². The minimum atomic E-state index is -4.39. The van der Waals surface area contributed by atoms with Gasteiger partial charge in [-0.25, -0.2) is 9.48 Å². The van der Waals surface area contributed by atoms with Gasteiger partial charge in [0.25, 0.3) is 0 Å². The van der Waals surface area contributed by atoms with Crippen LogP contribution >= 0.6 is 0 Å². The van der Waals surface area contributed by atoms with E-state index in [1.807, 2.05) is 4.90 Å². The number of amides is 1. The molecule has 2 heterocycles. The van der Waals surface area contributed by atoms with Gasteiger partial charge in [0.2, 0.25) is 0 Å². The number of carbonyl (C=O) groups is 1. The highest BCUT2D eigenvalue weighted by Gasteiger charge is 2.32. The number of anilines is 2. The molecule has 0 aliphatic carbocycles. The molecule has 27 heavy (non-hydrogen) atoms. The summed E-state index contributed by atoms with van der Waals surface area (Å²) in [5, 5.41) is 7.02. The third kappa shape index (κ3) is 4.53. The number of carbonyl (C=O) groups excluding carboxylic acids is 1. The van der Waals surface area contributed by atoms with Crippen molar-refractivity contribution in [3.63, 3.8) is 0 Å². The van der Waals surface area contributed by atoms with Crippen LogP contribution in [-0.4, -0.2) is 34.1 Å². The van der Waals surface area contributed by atoms with Gasteiger partial charge in [0, 0.05) is 18.3 Å². The number of alkyl carbamates (subject to hydrolysis) is 1. The van der Waals surface area contributed by atoms with Gasteiger partial charge in [0.1, 0.15) is 11.4 Å². The van der Waals surface area contributed by atoms with Gasteiger partial charge in [-0.15, -0.1) is 0 Å². The Morgan fingerprint density at radius 1 is 1.15 bits per heavy atom. The Morgan fingerprint density at radius 3 is 2.41 bits per heavy atom. The van der Waals surface area contributed by atoms with Gasteiger partial charge in [-0.1, -0.05) is 0 Å². The topological polar surface area (TPSA) is 59.4 Å². The highest BCUT2D eigenvalue weighted by Crippen LogP contribution is 2.33. The molecule has 0 spiro atoms. The van der Waals surface area contributed by atoms with E-state index in [0.717, 1.165) is 18.0 Å². The van der Waals surface area contributed by atoms with Gasteiger partial charge in [-0.2, -0.15) is 18.3 Å². The van der Waals surface area contributed by atoms with Crippen molar-refractivity contribution in [2.75, 3.05) is 11.4 Å². The fourth-order valence-corrected chi connectivity index (χ4v) is 2.91. The van der Waals surface area contributed by atoms with Crippen molar-refractivity contribution >= 4 is 17.6 Å². The first-order valence-electron chi connectivity index (χ1n) is 8.49. The number of rotatable bonds is 2. The number of hydrogen-bond donors (Lipinski definition) is 1. The molecule has 3 rings (SSSR count). The molecule has 0 saturated heterocycles. The minimum absolute atomic E-state index is 0.311. The molecular weight excluding hydrogens is 361 g/mol. The Bertz CT molecular complexity index is 809. The van der Waals surface area contributed by atoms with E-state index in [9.17, 15) is 18.0 Å². The third-order valence-corrected chi connectivity index (χ3v) is 3.99. The summed E-state index contributed by atoms with van der Waals surface area (Å²) in [7, 11) is 0. The lowest BCUT2D eigenvalue weighted by Gasteiger charge is -2.35. The number of hydrogen-bond acceptors (Lipinski definition) is 4. The first kappa shape index (κ1) is 19.1. The van der Waals surface area contributed by atoms with Crippen molar-refractivity contribution < 1.29 is 22.7 Å². The number of halogens is 3. The number of aromatic nitrogens is 2. The normalized spacial score (nSPS) is 17.4. The van der Waals surface area contributed by atoms with E-state index >= 15 is 0 Å². The van der Waals surface area contributed by atoms with Gasteiger partial charge in [-0.3, -0.25) is 0 Å². The summed E-state index contributed by atoms with van der Waals surface area (Å²) < 4.78 is 45.4. The number of nitrogens with zero attached hydrogens (tertiary/aromatic N) is 3. The molecule has 1 atom stereocenters. The molecule has 1 unspecified atom stereocenters. The van der Waals surface area contributed by atoms with E-state index < -0.39 is 23.4 Å². The summed E-state index contributed by atoms with van der Waals surface area (Å²) in [4.78, 5) is 13.9. The largest absolute Gasteiger partial charge is 0.444 e. The average Bonchev–Trinajstić information content (AvgIpc) is 3.00. The Morgan fingerprint density at radius 2 is 1.81 bits per heavy atom. The molecule has 1 aliphatic rings. The van der Waals surface area contributed by atoms with E-state index in [1.54, 1.807) is 37.7 Å². The van der Waals surface area contributed by atoms with E-state index in [4.69, 9.17) is 4.74 Å². The van der Waals surface area contributed by atoms with Crippen LogP contribution in [0.3, 0.4) is 0 Å². The Hall–Kier alpha value is -2.71. The molecule has 1 amide bonds. The number of nitrogens with one attached hydrogen (secondary N) is 1. The van der Waals surface area contributed by atoms with Crippen molar-refractivity contribution in [3.8, 4) is 0 Å². The first-order valence-corrected chi connectivity index (χ1v) is 8.49. The quantitative estimate of drug-likeness (QED) is 0.855. The van der Waals surface area contributed by atoms with Crippen LogP contribution in [0.5, 0.6) is 0 Å². The van der Waals surface area contributed by atoms with Gasteiger partial charge in [-0.05, 0) is 45.0 Å². The zero-order valence-electron chi connectivity index (χ0n) is 15.2. The maximum atomic E-state index is 12.8. The van der Waals surface area contributed by atoms with E-state index in [2.05, 4.69) is 10.4 Å². The maximum Gasteiger partial charge on any atom is 0.416 e. The molecular formula is C18H21F3N4O2. The van der Waals surface area contributed by atoms with Crippen LogP contribution in [-0.2, 0) is 17.5 Å². The van der Waals surface area contributed by atoms with Gasteiger partial charge in [0.15, 0.2) is 0 Å². The Balaban J connectivity index is 1.80. The summed E-state index contributed by atoms with van der Waals surface area (Å²) >= 11 is 0. The van der Waals surface area contributed by atoms with Crippen LogP contribution < -0.4 is 10.2 Å². The summed E-state index contributed by atoms with van der Waals surface area (Å²) in [6, 6.07) is 6.38. The SMILES string of the molecule is CC(C)(C)OC(=O)NC1CN(c2ccc(C(F)(F)F)cc2)c2ccnn2C1. The van der Waals surface area contributed by atoms with Crippen molar-refractivity contribution in [1.29, 1.82) is 0 Å². The van der Waals surface area contributed by atoms with Gasteiger partial charge < -0.3 is 15.0 Å². The van der Waals surface area contributed by atoms with E-state index in [0.29, 0.717) is 18.8 Å². The summed E-state index contributed by atoms with van der Waals surface area (Å²) in [6.45, 7) is 6.14. The molecule has 0 saturated carbocycles. The van der Waals surface area contributed by atoms with Gasteiger partial charge in [0.05, 0.1) is 24.3 Å². The zero-order valence-corrected chi connectivity index (χ0v) is 15.2. The molecule has 0 fully saturated rings. The monoisotopic (exact) mass is 382 g/mol. The average molecular weight is 382 g/mol. The molecule has 1 aromatic heterocycles. The van der Waals surface area contributed by atoms with Crippen LogP contribution in [0.15, 0.2) is 36.5 Å². The Labute approximate surface area is 154 Å². The molecule has 1 aromatic carbocycles. The second-order valence-corrected chi connectivity index (χ2v) is 7.37.